The van der Waals surface area contributed by atoms with Crippen LogP contribution in [0.5, 0.6) is 0 Å². The molecule has 0 aromatic carbocycles. The molecule has 4 nitrogen and oxygen atoms in total. The molecule has 2 N–H and O–H groups in total. The molecule has 3 atom stereocenters. The van der Waals surface area contributed by atoms with Crippen molar-refractivity contribution >= 4 is 11.9 Å². The minimum absolute atomic E-state index is 0.0897. The summed E-state index contributed by atoms with van der Waals surface area (Å²) in [6.07, 6.45) is 0. The van der Waals surface area contributed by atoms with Crippen LogP contribution >= 0.6 is 0 Å². The molecule has 0 spiro atoms. The molecule has 4 heteroatoms. The minimum Gasteiger partial charge on any atom is -0.481 e. The zero-order valence-electron chi connectivity index (χ0n) is 11.0. The highest BCUT2D eigenvalue weighted by molar-refractivity contribution is 5.80. The third kappa shape index (κ3) is 4.21. The number of rotatable bonds is 4. The second-order valence-electron chi connectivity index (χ2n) is 5.51. The smallest absolute Gasteiger partial charge is 0.308 e. The highest BCUT2D eigenvalue weighted by Crippen LogP contribution is 2.25. The first kappa shape index (κ1) is 14.9. The van der Waals surface area contributed by atoms with Gasteiger partial charge < -0.3 is 10.4 Å². The van der Waals surface area contributed by atoms with E-state index in [0.29, 0.717) is 0 Å². The van der Waals surface area contributed by atoms with Crippen LogP contribution in [0.3, 0.4) is 0 Å². The average Bonchev–Trinajstić information content (AvgIpc) is 2.13. The van der Waals surface area contributed by atoms with Gasteiger partial charge in [-0.25, -0.2) is 0 Å². The number of carbonyl (C=O) groups excluding carboxylic acids is 1. The molecule has 16 heavy (non-hydrogen) atoms. The Labute approximate surface area is 97.4 Å². The number of carboxylic acid groups (broad SMARTS) is 1. The van der Waals surface area contributed by atoms with E-state index in [1.807, 2.05) is 27.7 Å². The van der Waals surface area contributed by atoms with Crippen molar-refractivity contribution in [2.75, 3.05) is 0 Å². The SMILES string of the molecule is CC(NC(=O)C(C)C(C)(C)C)C(C)C(=O)O. The van der Waals surface area contributed by atoms with E-state index < -0.39 is 11.9 Å². The Bertz CT molecular complexity index is 268. The predicted molar refractivity (Wildman–Crippen MR) is 63.0 cm³/mol. The molecular weight excluding hydrogens is 206 g/mol. The zero-order valence-corrected chi connectivity index (χ0v) is 11.0. The van der Waals surface area contributed by atoms with E-state index in [2.05, 4.69) is 5.32 Å². The highest BCUT2D eigenvalue weighted by atomic mass is 16.4. The number of carboxylic acids is 1. The molecule has 1 amide bonds. The van der Waals surface area contributed by atoms with Crippen LogP contribution in [0.1, 0.15) is 41.5 Å². The van der Waals surface area contributed by atoms with Gasteiger partial charge in [-0.05, 0) is 19.3 Å². The second-order valence-corrected chi connectivity index (χ2v) is 5.51. The number of amides is 1. The zero-order chi connectivity index (χ0) is 13.1. The quantitative estimate of drug-likeness (QED) is 0.773. The molecule has 0 aromatic rings. The first-order valence-electron chi connectivity index (χ1n) is 5.60. The molecule has 0 aliphatic rings. The van der Waals surface area contributed by atoms with Gasteiger partial charge in [-0.1, -0.05) is 27.7 Å². The lowest BCUT2D eigenvalue weighted by molar-refractivity contribution is -0.142. The van der Waals surface area contributed by atoms with Gasteiger partial charge in [0.2, 0.25) is 5.91 Å². The summed E-state index contributed by atoms with van der Waals surface area (Å²) in [4.78, 5) is 22.6. The van der Waals surface area contributed by atoms with E-state index in [1.165, 1.54) is 0 Å². The molecule has 0 heterocycles. The van der Waals surface area contributed by atoms with Gasteiger partial charge in [-0.3, -0.25) is 9.59 Å². The Hall–Kier alpha value is -1.06. The van der Waals surface area contributed by atoms with Crippen LogP contribution in [0.2, 0.25) is 0 Å². The van der Waals surface area contributed by atoms with E-state index in [9.17, 15) is 9.59 Å². The summed E-state index contributed by atoms with van der Waals surface area (Å²) in [5, 5.41) is 11.6. The van der Waals surface area contributed by atoms with Crippen molar-refractivity contribution in [1.29, 1.82) is 0 Å². The summed E-state index contributed by atoms with van der Waals surface area (Å²) in [5.74, 6) is -1.70. The first-order valence-corrected chi connectivity index (χ1v) is 5.60. The number of hydrogen-bond acceptors (Lipinski definition) is 2. The van der Waals surface area contributed by atoms with Crippen LogP contribution in [0.25, 0.3) is 0 Å². The Morgan fingerprint density at radius 2 is 1.56 bits per heavy atom. The fourth-order valence-corrected chi connectivity index (χ4v) is 1.08. The lowest BCUT2D eigenvalue weighted by Gasteiger charge is -2.28. The maximum atomic E-state index is 11.8. The Morgan fingerprint density at radius 1 is 1.12 bits per heavy atom. The molecule has 0 rings (SSSR count). The van der Waals surface area contributed by atoms with Crippen LogP contribution in [0.4, 0.5) is 0 Å². The van der Waals surface area contributed by atoms with Crippen LogP contribution < -0.4 is 5.32 Å². The molecule has 0 aliphatic heterocycles. The topological polar surface area (TPSA) is 66.4 Å². The van der Waals surface area contributed by atoms with Crippen LogP contribution in [-0.4, -0.2) is 23.0 Å². The number of aliphatic carboxylic acids is 1. The molecule has 0 radical (unpaired) electrons. The third-order valence-electron chi connectivity index (χ3n) is 3.20. The molecule has 3 unspecified atom stereocenters. The summed E-state index contributed by atoms with van der Waals surface area (Å²) in [6.45, 7) is 11.1. The summed E-state index contributed by atoms with van der Waals surface area (Å²) >= 11 is 0. The highest BCUT2D eigenvalue weighted by Gasteiger charge is 2.29. The normalized spacial score (nSPS) is 17.4. The van der Waals surface area contributed by atoms with Crippen molar-refractivity contribution in [1.82, 2.24) is 5.32 Å². The van der Waals surface area contributed by atoms with E-state index in [0.717, 1.165) is 0 Å². The van der Waals surface area contributed by atoms with Crippen molar-refractivity contribution in [2.24, 2.45) is 17.3 Å². The minimum atomic E-state index is -0.892. The summed E-state index contributed by atoms with van der Waals surface area (Å²) in [7, 11) is 0. The summed E-state index contributed by atoms with van der Waals surface area (Å²) < 4.78 is 0. The third-order valence-corrected chi connectivity index (χ3v) is 3.20. The van der Waals surface area contributed by atoms with E-state index >= 15 is 0 Å². The van der Waals surface area contributed by atoms with Gasteiger partial charge >= 0.3 is 5.97 Å². The lowest BCUT2D eigenvalue weighted by Crippen LogP contribution is -2.44. The van der Waals surface area contributed by atoms with Gasteiger partial charge in [0.1, 0.15) is 0 Å². The largest absolute Gasteiger partial charge is 0.481 e. The van der Waals surface area contributed by atoms with Crippen molar-refractivity contribution in [2.45, 2.75) is 47.6 Å². The Kier molecular flexibility index (Phi) is 4.97. The van der Waals surface area contributed by atoms with Crippen LogP contribution in [0.15, 0.2) is 0 Å². The summed E-state index contributed by atoms with van der Waals surface area (Å²) in [5.41, 5.74) is -0.115. The van der Waals surface area contributed by atoms with Crippen molar-refractivity contribution in [3.05, 3.63) is 0 Å². The van der Waals surface area contributed by atoms with Gasteiger partial charge in [-0.15, -0.1) is 0 Å². The molecule has 0 aromatic heterocycles. The first-order chi connectivity index (χ1) is 7.07. The van der Waals surface area contributed by atoms with E-state index in [-0.39, 0.29) is 23.3 Å². The van der Waals surface area contributed by atoms with Gasteiger partial charge in [0.15, 0.2) is 0 Å². The fourth-order valence-electron chi connectivity index (χ4n) is 1.08. The summed E-state index contributed by atoms with van der Waals surface area (Å²) in [6, 6.07) is -0.352. The van der Waals surface area contributed by atoms with E-state index in [4.69, 9.17) is 5.11 Å². The lowest BCUT2D eigenvalue weighted by atomic mass is 9.81. The van der Waals surface area contributed by atoms with Crippen LogP contribution in [-0.2, 0) is 9.59 Å². The molecule has 0 saturated carbocycles. The van der Waals surface area contributed by atoms with Crippen molar-refractivity contribution in [3.8, 4) is 0 Å². The molecule has 0 fully saturated rings. The number of nitrogens with one attached hydrogen (secondary N) is 1. The molecule has 94 valence electrons. The van der Waals surface area contributed by atoms with Gasteiger partial charge in [-0.2, -0.15) is 0 Å². The Morgan fingerprint density at radius 3 is 1.88 bits per heavy atom. The molecular formula is C12H23NO3. The molecule has 0 aliphatic carbocycles. The van der Waals surface area contributed by atoms with Crippen molar-refractivity contribution in [3.63, 3.8) is 0 Å². The van der Waals surface area contributed by atoms with Gasteiger partial charge in [0, 0.05) is 12.0 Å². The van der Waals surface area contributed by atoms with Gasteiger partial charge in [0.05, 0.1) is 5.92 Å². The number of hydrogen-bond donors (Lipinski definition) is 2. The maximum Gasteiger partial charge on any atom is 0.308 e. The Balaban J connectivity index is 4.41. The number of carbonyl (C=O) groups is 2. The van der Waals surface area contributed by atoms with E-state index in [1.54, 1.807) is 13.8 Å². The van der Waals surface area contributed by atoms with Crippen LogP contribution in [0, 0.1) is 17.3 Å². The molecule has 0 saturated heterocycles. The monoisotopic (exact) mass is 229 g/mol. The predicted octanol–water partition coefficient (Wildman–Crippen LogP) is 1.89. The standard InChI is InChI=1S/C12H23NO3/c1-7(11(15)16)9(3)13-10(14)8(2)12(4,5)6/h7-9H,1-6H3,(H,13,14)(H,15,16). The fraction of sp³-hybridized carbons (Fsp3) is 0.833. The van der Waals surface area contributed by atoms with Crippen molar-refractivity contribution < 1.29 is 14.7 Å². The average molecular weight is 229 g/mol. The molecule has 0 bridgehead atoms. The second kappa shape index (κ2) is 5.32. The van der Waals surface area contributed by atoms with Gasteiger partial charge in [0.25, 0.3) is 0 Å². The maximum absolute atomic E-state index is 11.8.